The highest BCUT2D eigenvalue weighted by atomic mass is 32.1. The summed E-state index contributed by atoms with van der Waals surface area (Å²) in [6.45, 7) is 0. The van der Waals surface area contributed by atoms with Crippen LogP contribution in [-0.2, 0) is 4.79 Å². The number of benzene rings is 2. The van der Waals surface area contributed by atoms with Gasteiger partial charge in [-0.2, -0.15) is 11.3 Å². The van der Waals surface area contributed by atoms with Crippen LogP contribution in [0.25, 0.3) is 11.1 Å². The highest BCUT2D eigenvalue weighted by Crippen LogP contribution is 2.33. The van der Waals surface area contributed by atoms with E-state index in [1.54, 1.807) is 23.6 Å². The molecule has 0 saturated carbocycles. The summed E-state index contributed by atoms with van der Waals surface area (Å²) in [4.78, 5) is 11.6. The Balaban J connectivity index is 1.91. The Kier molecular flexibility index (Phi) is 4.55. The molecule has 0 spiro atoms. The Bertz CT molecular complexity index is 764. The second-order valence-electron chi connectivity index (χ2n) is 5.31. The van der Waals surface area contributed by atoms with E-state index in [2.05, 4.69) is 0 Å². The van der Waals surface area contributed by atoms with Crippen molar-refractivity contribution >= 4 is 17.3 Å². The second kappa shape index (κ2) is 6.77. The minimum Gasteiger partial charge on any atom is -0.481 e. The number of carbonyl (C=O) groups is 1. The molecule has 1 aromatic heterocycles. The summed E-state index contributed by atoms with van der Waals surface area (Å²) >= 11 is 1.44. The zero-order valence-electron chi connectivity index (χ0n) is 12.3. The van der Waals surface area contributed by atoms with Crippen LogP contribution in [0.3, 0.4) is 0 Å². The number of hydrogen-bond donors (Lipinski definition) is 2. The molecule has 0 aliphatic carbocycles. The topological polar surface area (TPSA) is 57.5 Å². The average Bonchev–Trinajstić information content (AvgIpc) is 3.11. The lowest BCUT2D eigenvalue weighted by Gasteiger charge is -2.19. The summed E-state index contributed by atoms with van der Waals surface area (Å²) in [5, 5.41) is 23.5. The van der Waals surface area contributed by atoms with Gasteiger partial charge in [-0.3, -0.25) is 4.79 Å². The standard InChI is InChI=1S/C19H16O3S/c20-18(16-10-11-23-12-16)17(19(21)22)15-8-6-14(7-9-15)13-4-2-1-3-5-13/h1-12,17-18,20H,(H,21,22)/t17-,18-/m0/s1. The van der Waals surface area contributed by atoms with Crippen LogP contribution in [0.4, 0.5) is 0 Å². The van der Waals surface area contributed by atoms with E-state index in [0.29, 0.717) is 11.1 Å². The number of aliphatic carboxylic acids is 1. The molecule has 1 heterocycles. The molecule has 0 aliphatic rings. The van der Waals surface area contributed by atoms with Crippen molar-refractivity contribution in [1.29, 1.82) is 0 Å². The molecule has 23 heavy (non-hydrogen) atoms. The van der Waals surface area contributed by atoms with Gasteiger partial charge in [-0.05, 0) is 39.1 Å². The molecule has 0 bridgehead atoms. The third-order valence-electron chi connectivity index (χ3n) is 3.84. The minimum atomic E-state index is -1.05. The molecular formula is C19H16O3S. The lowest BCUT2D eigenvalue weighted by Crippen LogP contribution is -2.19. The molecule has 2 atom stereocenters. The molecule has 3 aromatic rings. The first-order valence-electron chi connectivity index (χ1n) is 7.25. The predicted molar refractivity (Wildman–Crippen MR) is 91.5 cm³/mol. The van der Waals surface area contributed by atoms with E-state index >= 15 is 0 Å². The van der Waals surface area contributed by atoms with Crippen molar-refractivity contribution in [2.75, 3.05) is 0 Å². The fourth-order valence-electron chi connectivity index (χ4n) is 2.61. The van der Waals surface area contributed by atoms with Crippen LogP contribution >= 0.6 is 11.3 Å². The second-order valence-corrected chi connectivity index (χ2v) is 6.09. The highest BCUT2D eigenvalue weighted by molar-refractivity contribution is 7.07. The summed E-state index contributed by atoms with van der Waals surface area (Å²) in [5.41, 5.74) is 3.32. The van der Waals surface area contributed by atoms with Crippen LogP contribution in [0.15, 0.2) is 71.4 Å². The quantitative estimate of drug-likeness (QED) is 0.735. The van der Waals surface area contributed by atoms with E-state index in [4.69, 9.17) is 0 Å². The summed E-state index contributed by atoms with van der Waals surface area (Å²) in [5.74, 6) is -2.01. The van der Waals surface area contributed by atoms with Gasteiger partial charge in [0.15, 0.2) is 0 Å². The Morgan fingerprint density at radius 1 is 0.870 bits per heavy atom. The first-order chi connectivity index (χ1) is 11.2. The molecule has 116 valence electrons. The summed E-state index contributed by atoms with van der Waals surface area (Å²) in [6, 6.07) is 19.0. The average molecular weight is 324 g/mol. The van der Waals surface area contributed by atoms with Crippen LogP contribution in [0, 0.1) is 0 Å². The van der Waals surface area contributed by atoms with Crippen molar-refractivity contribution in [3.05, 3.63) is 82.6 Å². The lowest BCUT2D eigenvalue weighted by molar-refractivity contribution is -0.141. The number of aliphatic hydroxyl groups excluding tert-OH is 1. The van der Waals surface area contributed by atoms with Gasteiger partial charge < -0.3 is 10.2 Å². The molecule has 2 N–H and O–H groups in total. The first-order valence-corrected chi connectivity index (χ1v) is 8.19. The van der Waals surface area contributed by atoms with Crippen molar-refractivity contribution < 1.29 is 15.0 Å². The molecule has 3 nitrogen and oxygen atoms in total. The van der Waals surface area contributed by atoms with Gasteiger partial charge in [0.25, 0.3) is 0 Å². The van der Waals surface area contributed by atoms with Gasteiger partial charge in [-0.25, -0.2) is 0 Å². The van der Waals surface area contributed by atoms with E-state index < -0.39 is 18.0 Å². The Hall–Kier alpha value is -2.43. The van der Waals surface area contributed by atoms with E-state index in [-0.39, 0.29) is 0 Å². The number of aliphatic hydroxyl groups is 1. The van der Waals surface area contributed by atoms with Crippen molar-refractivity contribution in [3.63, 3.8) is 0 Å². The zero-order valence-corrected chi connectivity index (χ0v) is 13.1. The van der Waals surface area contributed by atoms with Crippen LogP contribution in [-0.4, -0.2) is 16.2 Å². The van der Waals surface area contributed by atoms with Gasteiger partial charge in [0.1, 0.15) is 5.92 Å². The summed E-state index contributed by atoms with van der Waals surface area (Å²) in [6.07, 6.45) is -1.05. The van der Waals surface area contributed by atoms with Crippen molar-refractivity contribution in [2.24, 2.45) is 0 Å². The third-order valence-corrected chi connectivity index (χ3v) is 4.54. The molecule has 0 radical (unpaired) electrons. The van der Waals surface area contributed by atoms with E-state index in [0.717, 1.165) is 11.1 Å². The molecule has 0 saturated heterocycles. The maximum absolute atomic E-state index is 11.6. The first kappa shape index (κ1) is 15.5. The zero-order chi connectivity index (χ0) is 16.2. The molecule has 0 unspecified atom stereocenters. The molecule has 0 amide bonds. The van der Waals surface area contributed by atoms with Crippen LogP contribution in [0.2, 0.25) is 0 Å². The van der Waals surface area contributed by atoms with Crippen molar-refractivity contribution in [2.45, 2.75) is 12.0 Å². The number of carboxylic acid groups (broad SMARTS) is 1. The Morgan fingerprint density at radius 2 is 1.52 bits per heavy atom. The molecule has 4 heteroatoms. The van der Waals surface area contributed by atoms with E-state index in [1.165, 1.54) is 11.3 Å². The van der Waals surface area contributed by atoms with Gasteiger partial charge in [-0.15, -0.1) is 0 Å². The summed E-state index contributed by atoms with van der Waals surface area (Å²) < 4.78 is 0. The third kappa shape index (κ3) is 3.33. The van der Waals surface area contributed by atoms with Crippen molar-refractivity contribution in [1.82, 2.24) is 0 Å². The van der Waals surface area contributed by atoms with E-state index in [9.17, 15) is 15.0 Å². The van der Waals surface area contributed by atoms with Crippen LogP contribution in [0.1, 0.15) is 23.1 Å². The normalized spacial score (nSPS) is 13.4. The Morgan fingerprint density at radius 3 is 2.09 bits per heavy atom. The molecule has 0 aliphatic heterocycles. The largest absolute Gasteiger partial charge is 0.481 e. The van der Waals surface area contributed by atoms with Gasteiger partial charge in [-0.1, -0.05) is 54.6 Å². The maximum Gasteiger partial charge on any atom is 0.314 e. The van der Waals surface area contributed by atoms with E-state index in [1.807, 2.05) is 47.8 Å². The molecule has 2 aromatic carbocycles. The fourth-order valence-corrected chi connectivity index (χ4v) is 3.30. The fraction of sp³-hybridized carbons (Fsp3) is 0.105. The lowest BCUT2D eigenvalue weighted by atomic mass is 9.89. The molecular weight excluding hydrogens is 308 g/mol. The number of hydrogen-bond acceptors (Lipinski definition) is 3. The molecule has 3 rings (SSSR count). The van der Waals surface area contributed by atoms with Crippen molar-refractivity contribution in [3.8, 4) is 11.1 Å². The molecule has 0 fully saturated rings. The van der Waals surface area contributed by atoms with Gasteiger partial charge in [0, 0.05) is 0 Å². The van der Waals surface area contributed by atoms with Crippen LogP contribution < -0.4 is 0 Å². The van der Waals surface area contributed by atoms with Gasteiger partial charge >= 0.3 is 5.97 Å². The number of carboxylic acids is 1. The van der Waals surface area contributed by atoms with Crippen LogP contribution in [0.5, 0.6) is 0 Å². The minimum absolute atomic E-state index is 0.593. The summed E-state index contributed by atoms with van der Waals surface area (Å²) in [7, 11) is 0. The SMILES string of the molecule is O=C(O)[C@@H](c1ccc(-c2ccccc2)cc1)[C@@H](O)c1ccsc1. The number of rotatable bonds is 5. The Labute approximate surface area is 138 Å². The monoisotopic (exact) mass is 324 g/mol. The smallest absolute Gasteiger partial charge is 0.314 e. The predicted octanol–water partition coefficient (Wildman–Crippen LogP) is 4.32. The van der Waals surface area contributed by atoms with Gasteiger partial charge in [0.2, 0.25) is 0 Å². The highest BCUT2D eigenvalue weighted by Gasteiger charge is 2.29. The number of thiophene rings is 1. The maximum atomic E-state index is 11.6. The van der Waals surface area contributed by atoms with Gasteiger partial charge in [0.05, 0.1) is 6.10 Å².